The fraction of sp³-hybridized carbons (Fsp3) is 0.750. The lowest BCUT2D eigenvalue weighted by Gasteiger charge is -2.29. The van der Waals surface area contributed by atoms with Crippen molar-refractivity contribution in [2.24, 2.45) is 5.92 Å². The van der Waals surface area contributed by atoms with Crippen LogP contribution in [0.2, 0.25) is 0 Å². The summed E-state index contributed by atoms with van der Waals surface area (Å²) in [6, 6.07) is 0. The van der Waals surface area contributed by atoms with Gasteiger partial charge in [-0.25, -0.2) is 9.97 Å². The van der Waals surface area contributed by atoms with Crippen LogP contribution in [-0.4, -0.2) is 23.6 Å². The molecule has 1 N–H and O–H groups in total. The maximum absolute atomic E-state index is 5.78. The van der Waals surface area contributed by atoms with Gasteiger partial charge in [-0.05, 0) is 44.2 Å². The second-order valence-electron chi connectivity index (χ2n) is 6.07. The Hall–Kier alpha value is -1.00. The van der Waals surface area contributed by atoms with Crippen LogP contribution in [-0.2, 0) is 17.7 Å². The molecule has 1 fully saturated rings. The third-order valence-corrected chi connectivity index (χ3v) is 4.75. The van der Waals surface area contributed by atoms with Crippen molar-refractivity contribution in [3.63, 3.8) is 0 Å². The molecule has 110 valence electrons. The van der Waals surface area contributed by atoms with Crippen LogP contribution in [0.1, 0.15) is 61.0 Å². The number of hydrogen-bond donors (Lipinski definition) is 1. The number of rotatable bonds is 3. The van der Waals surface area contributed by atoms with Crippen LogP contribution >= 0.6 is 0 Å². The normalized spacial score (nSPS) is 21.5. The molecular weight excluding hydrogens is 250 g/mol. The molecule has 4 nitrogen and oxygen atoms in total. The molecule has 4 heteroatoms. The van der Waals surface area contributed by atoms with Gasteiger partial charge in [0.2, 0.25) is 0 Å². The molecular formula is C16H25N3O. The maximum atomic E-state index is 5.78. The molecule has 3 rings (SSSR count). The van der Waals surface area contributed by atoms with E-state index in [0.717, 1.165) is 31.0 Å². The zero-order chi connectivity index (χ0) is 13.9. The number of fused-ring (bicyclic) bond motifs is 1. The monoisotopic (exact) mass is 275 g/mol. The van der Waals surface area contributed by atoms with E-state index in [1.165, 1.54) is 43.4 Å². The Labute approximate surface area is 121 Å². The van der Waals surface area contributed by atoms with E-state index < -0.39 is 0 Å². The lowest BCUT2D eigenvalue weighted by Crippen LogP contribution is -2.28. The van der Waals surface area contributed by atoms with Gasteiger partial charge in [0.15, 0.2) is 5.82 Å². The average molecular weight is 275 g/mol. The highest BCUT2D eigenvalue weighted by molar-refractivity contribution is 5.28. The van der Waals surface area contributed by atoms with Crippen molar-refractivity contribution in [3.8, 4) is 0 Å². The highest BCUT2D eigenvalue weighted by atomic mass is 16.5. The van der Waals surface area contributed by atoms with Crippen LogP contribution in [0.4, 0.5) is 0 Å². The molecule has 2 aliphatic rings. The first-order valence-electron chi connectivity index (χ1n) is 7.89. The Bertz CT molecular complexity index is 469. The van der Waals surface area contributed by atoms with Crippen LogP contribution in [0.15, 0.2) is 0 Å². The number of hydrogen-bond acceptors (Lipinski definition) is 4. The zero-order valence-corrected chi connectivity index (χ0v) is 12.6. The molecule has 1 atom stereocenters. The summed E-state index contributed by atoms with van der Waals surface area (Å²) >= 11 is 0. The Morgan fingerprint density at radius 3 is 2.75 bits per heavy atom. The molecule has 1 saturated carbocycles. The SMILES string of the molecule is COC(c1nc(C)c2c(n1)CNCC2)C1CCCCC1. The quantitative estimate of drug-likeness (QED) is 0.921. The molecule has 1 aliphatic carbocycles. The molecule has 0 spiro atoms. The summed E-state index contributed by atoms with van der Waals surface area (Å²) in [6.07, 6.45) is 7.60. The van der Waals surface area contributed by atoms with Crippen LogP contribution in [0, 0.1) is 12.8 Å². The van der Waals surface area contributed by atoms with Crippen LogP contribution in [0.25, 0.3) is 0 Å². The Kier molecular flexibility index (Phi) is 4.32. The van der Waals surface area contributed by atoms with E-state index in [9.17, 15) is 0 Å². The standard InChI is InChI=1S/C16H25N3O/c1-11-13-8-9-17-10-14(13)19-16(18-11)15(20-2)12-6-4-3-5-7-12/h12,15,17H,3-10H2,1-2H3. The second-order valence-corrected chi connectivity index (χ2v) is 6.07. The Morgan fingerprint density at radius 2 is 2.00 bits per heavy atom. The number of nitrogens with zero attached hydrogens (tertiary/aromatic N) is 2. The van der Waals surface area contributed by atoms with Crippen molar-refractivity contribution in [1.82, 2.24) is 15.3 Å². The molecule has 1 aromatic rings. The third kappa shape index (κ3) is 2.72. The van der Waals surface area contributed by atoms with Crippen molar-refractivity contribution in [2.75, 3.05) is 13.7 Å². The van der Waals surface area contributed by atoms with Gasteiger partial charge in [0, 0.05) is 19.3 Å². The van der Waals surface area contributed by atoms with Crippen LogP contribution in [0.5, 0.6) is 0 Å². The van der Waals surface area contributed by atoms with Crippen LogP contribution in [0.3, 0.4) is 0 Å². The predicted octanol–water partition coefficient (Wildman–Crippen LogP) is 2.70. The van der Waals surface area contributed by atoms with Gasteiger partial charge in [0.25, 0.3) is 0 Å². The molecule has 1 unspecified atom stereocenters. The number of methoxy groups -OCH3 is 1. The minimum Gasteiger partial charge on any atom is -0.373 e. The van der Waals surface area contributed by atoms with E-state index in [-0.39, 0.29) is 6.10 Å². The molecule has 1 aromatic heterocycles. The number of ether oxygens (including phenoxy) is 1. The summed E-state index contributed by atoms with van der Waals surface area (Å²) in [5, 5.41) is 3.40. The highest BCUT2D eigenvalue weighted by Gasteiger charge is 2.28. The largest absolute Gasteiger partial charge is 0.373 e. The molecule has 0 aromatic carbocycles. The maximum Gasteiger partial charge on any atom is 0.157 e. The summed E-state index contributed by atoms with van der Waals surface area (Å²) in [5.74, 6) is 1.49. The Balaban J connectivity index is 1.89. The van der Waals surface area contributed by atoms with Gasteiger partial charge >= 0.3 is 0 Å². The average Bonchev–Trinajstić information content (AvgIpc) is 2.49. The number of aryl methyl sites for hydroxylation is 1. The van der Waals surface area contributed by atoms with Crippen molar-refractivity contribution in [3.05, 3.63) is 22.8 Å². The lowest BCUT2D eigenvalue weighted by molar-refractivity contribution is 0.0285. The summed E-state index contributed by atoms with van der Waals surface area (Å²) in [5.41, 5.74) is 3.66. The minimum atomic E-state index is 0.0706. The zero-order valence-electron chi connectivity index (χ0n) is 12.6. The molecule has 0 amide bonds. The Morgan fingerprint density at radius 1 is 1.20 bits per heavy atom. The van der Waals surface area contributed by atoms with Gasteiger partial charge in [0.1, 0.15) is 6.10 Å². The van der Waals surface area contributed by atoms with Gasteiger partial charge in [-0.3, -0.25) is 0 Å². The topological polar surface area (TPSA) is 47.0 Å². The lowest BCUT2D eigenvalue weighted by atomic mass is 9.84. The summed E-state index contributed by atoms with van der Waals surface area (Å²) in [7, 11) is 1.80. The first kappa shape index (κ1) is 14.0. The van der Waals surface area contributed by atoms with E-state index in [2.05, 4.69) is 12.2 Å². The predicted molar refractivity (Wildman–Crippen MR) is 78.5 cm³/mol. The van der Waals surface area contributed by atoms with Gasteiger partial charge in [-0.15, -0.1) is 0 Å². The first-order chi connectivity index (χ1) is 9.79. The number of aromatic nitrogens is 2. The van der Waals surface area contributed by atoms with Crippen molar-refractivity contribution < 1.29 is 4.74 Å². The van der Waals surface area contributed by atoms with Crippen molar-refractivity contribution in [1.29, 1.82) is 0 Å². The third-order valence-electron chi connectivity index (χ3n) is 4.75. The second kappa shape index (κ2) is 6.19. The minimum absolute atomic E-state index is 0.0706. The number of nitrogens with one attached hydrogen (secondary N) is 1. The fourth-order valence-electron chi connectivity index (χ4n) is 3.64. The van der Waals surface area contributed by atoms with Gasteiger partial charge in [0.05, 0.1) is 5.69 Å². The molecule has 2 heterocycles. The molecule has 1 aliphatic heterocycles. The van der Waals surface area contributed by atoms with E-state index >= 15 is 0 Å². The molecule has 0 saturated heterocycles. The van der Waals surface area contributed by atoms with Gasteiger partial charge in [-0.2, -0.15) is 0 Å². The van der Waals surface area contributed by atoms with Crippen molar-refractivity contribution >= 4 is 0 Å². The first-order valence-corrected chi connectivity index (χ1v) is 7.89. The van der Waals surface area contributed by atoms with Gasteiger partial charge in [-0.1, -0.05) is 19.3 Å². The fourth-order valence-corrected chi connectivity index (χ4v) is 3.64. The molecule has 0 radical (unpaired) electrons. The highest BCUT2D eigenvalue weighted by Crippen LogP contribution is 2.35. The van der Waals surface area contributed by atoms with Crippen molar-refractivity contribution in [2.45, 2.75) is 58.1 Å². The molecule has 0 bridgehead atoms. The van der Waals surface area contributed by atoms with E-state index in [0.29, 0.717) is 5.92 Å². The van der Waals surface area contributed by atoms with E-state index in [1.807, 2.05) is 0 Å². The van der Waals surface area contributed by atoms with Crippen LogP contribution < -0.4 is 5.32 Å². The summed E-state index contributed by atoms with van der Waals surface area (Å²) < 4.78 is 5.78. The molecule has 20 heavy (non-hydrogen) atoms. The van der Waals surface area contributed by atoms with E-state index in [4.69, 9.17) is 14.7 Å². The summed E-state index contributed by atoms with van der Waals surface area (Å²) in [6.45, 7) is 4.02. The smallest absolute Gasteiger partial charge is 0.157 e. The van der Waals surface area contributed by atoms with Gasteiger partial charge < -0.3 is 10.1 Å². The summed E-state index contributed by atoms with van der Waals surface area (Å²) in [4.78, 5) is 9.59. The van der Waals surface area contributed by atoms with E-state index in [1.54, 1.807) is 7.11 Å².